The van der Waals surface area contributed by atoms with Crippen molar-refractivity contribution < 1.29 is 18.3 Å². The Balaban J connectivity index is 3.38. The summed E-state index contributed by atoms with van der Waals surface area (Å²) >= 11 is 2.67. The fourth-order valence-corrected chi connectivity index (χ4v) is 1.36. The zero-order valence-electron chi connectivity index (χ0n) is 6.61. The van der Waals surface area contributed by atoms with Crippen molar-refractivity contribution in [3.8, 4) is 0 Å². The number of alkyl halides is 1. The molecule has 0 heterocycles. The molecule has 0 aromatic heterocycles. The largest absolute Gasteiger partial charge is 0.375 e. The molecule has 0 spiro atoms. The van der Waals surface area contributed by atoms with Gasteiger partial charge in [-0.15, -0.1) is 0 Å². The lowest BCUT2D eigenvalue weighted by Gasteiger charge is -2.16. The van der Waals surface area contributed by atoms with Crippen LogP contribution in [0.3, 0.4) is 0 Å². The standard InChI is InChI=1S/C8H6BrF3O/c1-8(9,13)7-5(11)2-4(10)3-6(7)12/h2-3,13H,1H3. The van der Waals surface area contributed by atoms with Crippen LogP contribution in [0.25, 0.3) is 0 Å². The van der Waals surface area contributed by atoms with Crippen molar-refractivity contribution in [1.29, 1.82) is 0 Å². The Hall–Kier alpha value is -0.550. The topological polar surface area (TPSA) is 20.2 Å². The Bertz CT molecular complexity index is 310. The Kier molecular flexibility index (Phi) is 2.68. The maximum atomic E-state index is 12.9. The second-order valence-electron chi connectivity index (χ2n) is 2.70. The summed E-state index contributed by atoms with van der Waals surface area (Å²) < 4.78 is 36.5. The molecule has 1 N–H and O–H groups in total. The van der Waals surface area contributed by atoms with Crippen molar-refractivity contribution in [3.05, 3.63) is 35.1 Å². The highest BCUT2D eigenvalue weighted by Crippen LogP contribution is 2.31. The summed E-state index contributed by atoms with van der Waals surface area (Å²) in [7, 11) is 0. The molecule has 1 aromatic carbocycles. The summed E-state index contributed by atoms with van der Waals surface area (Å²) in [6.45, 7) is 1.15. The highest BCUT2D eigenvalue weighted by Gasteiger charge is 2.27. The van der Waals surface area contributed by atoms with E-state index in [9.17, 15) is 18.3 Å². The lowest BCUT2D eigenvalue weighted by atomic mass is 10.1. The van der Waals surface area contributed by atoms with Crippen molar-refractivity contribution in [2.24, 2.45) is 0 Å². The van der Waals surface area contributed by atoms with Gasteiger partial charge in [0.25, 0.3) is 0 Å². The molecule has 1 unspecified atom stereocenters. The molecular formula is C8H6BrF3O. The lowest BCUT2D eigenvalue weighted by Crippen LogP contribution is -2.16. The smallest absolute Gasteiger partial charge is 0.147 e. The minimum Gasteiger partial charge on any atom is -0.375 e. The van der Waals surface area contributed by atoms with Crippen LogP contribution in [0.4, 0.5) is 13.2 Å². The molecule has 0 saturated carbocycles. The van der Waals surface area contributed by atoms with Gasteiger partial charge in [0.05, 0.1) is 5.56 Å². The second-order valence-corrected chi connectivity index (χ2v) is 4.24. The quantitative estimate of drug-likeness (QED) is 0.765. The monoisotopic (exact) mass is 254 g/mol. The summed E-state index contributed by atoms with van der Waals surface area (Å²) in [5.74, 6) is -3.27. The van der Waals surface area contributed by atoms with Crippen LogP contribution >= 0.6 is 15.9 Å². The third-order valence-corrected chi connectivity index (χ3v) is 1.86. The first-order chi connectivity index (χ1) is 5.82. The van der Waals surface area contributed by atoms with Crippen LogP contribution < -0.4 is 0 Å². The molecule has 13 heavy (non-hydrogen) atoms. The van der Waals surface area contributed by atoms with Gasteiger partial charge in [0.2, 0.25) is 0 Å². The van der Waals surface area contributed by atoms with E-state index in [0.717, 1.165) is 6.92 Å². The molecule has 1 aromatic rings. The fraction of sp³-hybridized carbons (Fsp3) is 0.250. The van der Waals surface area contributed by atoms with Crippen LogP contribution in [0.15, 0.2) is 12.1 Å². The van der Waals surface area contributed by atoms with E-state index in [4.69, 9.17) is 0 Å². The van der Waals surface area contributed by atoms with Crippen molar-refractivity contribution in [1.82, 2.24) is 0 Å². The van der Waals surface area contributed by atoms with Gasteiger partial charge in [-0.1, -0.05) is 0 Å². The lowest BCUT2D eigenvalue weighted by molar-refractivity contribution is 0.157. The molecule has 1 rings (SSSR count). The normalized spacial score (nSPS) is 15.5. The molecule has 0 bridgehead atoms. The Morgan fingerprint density at radius 3 is 1.92 bits per heavy atom. The number of hydrogen-bond donors (Lipinski definition) is 1. The van der Waals surface area contributed by atoms with Gasteiger partial charge in [0, 0.05) is 12.1 Å². The predicted octanol–water partition coefficient (Wildman–Crippen LogP) is 2.66. The first-order valence-electron chi connectivity index (χ1n) is 3.38. The number of aliphatic hydroxyl groups is 1. The molecule has 5 heteroatoms. The van der Waals surface area contributed by atoms with E-state index in [1.165, 1.54) is 0 Å². The Labute approximate surface area is 81.3 Å². The van der Waals surface area contributed by atoms with E-state index in [1.54, 1.807) is 0 Å². The van der Waals surface area contributed by atoms with Gasteiger partial charge < -0.3 is 5.11 Å². The first kappa shape index (κ1) is 10.5. The summed E-state index contributed by atoms with van der Waals surface area (Å²) in [4.78, 5) is 0. The van der Waals surface area contributed by atoms with E-state index < -0.39 is 27.5 Å². The fourth-order valence-electron chi connectivity index (χ4n) is 0.978. The highest BCUT2D eigenvalue weighted by molar-refractivity contribution is 9.09. The van der Waals surface area contributed by atoms with Crippen molar-refractivity contribution in [2.75, 3.05) is 0 Å². The van der Waals surface area contributed by atoms with Gasteiger partial charge in [-0.25, -0.2) is 13.2 Å². The van der Waals surface area contributed by atoms with Crippen LogP contribution in [0.1, 0.15) is 12.5 Å². The number of halogens is 4. The van der Waals surface area contributed by atoms with E-state index in [-0.39, 0.29) is 0 Å². The molecule has 0 amide bonds. The molecule has 1 atom stereocenters. The summed E-state index contributed by atoms with van der Waals surface area (Å²) in [5, 5.41) is 9.26. The van der Waals surface area contributed by atoms with Crippen LogP contribution in [0.5, 0.6) is 0 Å². The molecular weight excluding hydrogens is 249 g/mol. The van der Waals surface area contributed by atoms with E-state index in [2.05, 4.69) is 15.9 Å². The van der Waals surface area contributed by atoms with E-state index in [0.29, 0.717) is 12.1 Å². The van der Waals surface area contributed by atoms with Gasteiger partial charge in [0.1, 0.15) is 22.0 Å². The molecule has 1 nitrogen and oxygen atoms in total. The second kappa shape index (κ2) is 3.31. The number of rotatable bonds is 1. The maximum Gasteiger partial charge on any atom is 0.147 e. The minimum atomic E-state index is -1.84. The van der Waals surface area contributed by atoms with Gasteiger partial charge in [-0.05, 0) is 22.9 Å². The summed E-state index contributed by atoms with van der Waals surface area (Å²) in [6.07, 6.45) is 0. The van der Waals surface area contributed by atoms with E-state index in [1.807, 2.05) is 0 Å². The molecule has 0 fully saturated rings. The van der Waals surface area contributed by atoms with Crippen molar-refractivity contribution in [2.45, 2.75) is 11.4 Å². The van der Waals surface area contributed by atoms with Crippen molar-refractivity contribution in [3.63, 3.8) is 0 Å². The van der Waals surface area contributed by atoms with Gasteiger partial charge in [-0.3, -0.25) is 0 Å². The average Bonchev–Trinajstić information content (AvgIpc) is 1.78. The highest BCUT2D eigenvalue weighted by atomic mass is 79.9. The van der Waals surface area contributed by atoms with Gasteiger partial charge >= 0.3 is 0 Å². The Morgan fingerprint density at radius 1 is 1.23 bits per heavy atom. The van der Waals surface area contributed by atoms with Crippen LogP contribution in [0, 0.1) is 17.5 Å². The molecule has 0 aliphatic rings. The summed E-state index contributed by atoms with van der Waals surface area (Å²) in [5.41, 5.74) is -0.603. The molecule has 0 aliphatic heterocycles. The minimum absolute atomic E-state index is 0.508. The Morgan fingerprint density at radius 2 is 1.62 bits per heavy atom. The maximum absolute atomic E-state index is 12.9. The number of hydrogen-bond acceptors (Lipinski definition) is 1. The molecule has 0 radical (unpaired) electrons. The van der Waals surface area contributed by atoms with Gasteiger partial charge in [-0.2, -0.15) is 0 Å². The predicted molar refractivity (Wildman–Crippen MR) is 44.8 cm³/mol. The van der Waals surface area contributed by atoms with Crippen LogP contribution in [0.2, 0.25) is 0 Å². The molecule has 0 saturated heterocycles. The van der Waals surface area contributed by atoms with Gasteiger partial charge in [0.15, 0.2) is 0 Å². The average molecular weight is 255 g/mol. The molecule has 72 valence electrons. The summed E-state index contributed by atoms with van der Waals surface area (Å²) in [6, 6.07) is 1.02. The third-order valence-electron chi connectivity index (χ3n) is 1.46. The van der Waals surface area contributed by atoms with Crippen LogP contribution in [-0.2, 0) is 4.51 Å². The zero-order valence-corrected chi connectivity index (χ0v) is 8.20. The SMILES string of the molecule is CC(O)(Br)c1c(F)cc(F)cc1F. The number of benzene rings is 1. The first-order valence-corrected chi connectivity index (χ1v) is 4.18. The zero-order chi connectivity index (χ0) is 10.2. The molecule has 0 aliphatic carbocycles. The van der Waals surface area contributed by atoms with Crippen molar-refractivity contribution >= 4 is 15.9 Å². The third kappa shape index (κ3) is 2.22. The van der Waals surface area contributed by atoms with Crippen LogP contribution in [-0.4, -0.2) is 5.11 Å². The van der Waals surface area contributed by atoms with E-state index >= 15 is 0 Å².